The van der Waals surface area contributed by atoms with E-state index in [9.17, 15) is 8.42 Å². The van der Waals surface area contributed by atoms with Crippen LogP contribution in [0, 0.1) is 0 Å². The molecule has 1 atom stereocenters. The highest BCUT2D eigenvalue weighted by Crippen LogP contribution is 2.29. The Balaban J connectivity index is 2.31. The van der Waals surface area contributed by atoms with Crippen LogP contribution in [0.25, 0.3) is 0 Å². The van der Waals surface area contributed by atoms with Crippen LogP contribution in [0.2, 0.25) is 5.02 Å². The van der Waals surface area contributed by atoms with Gasteiger partial charge in [0.15, 0.2) is 5.82 Å². The van der Waals surface area contributed by atoms with E-state index >= 15 is 0 Å². The first-order chi connectivity index (χ1) is 9.82. The minimum absolute atomic E-state index is 0.0480. The summed E-state index contributed by atoms with van der Waals surface area (Å²) in [5.41, 5.74) is 1.83. The molecule has 1 aromatic heterocycles. The third-order valence-electron chi connectivity index (χ3n) is 3.71. The minimum atomic E-state index is -3.65. The van der Waals surface area contributed by atoms with Crippen molar-refractivity contribution in [2.75, 3.05) is 25.6 Å². The van der Waals surface area contributed by atoms with Crippen molar-refractivity contribution >= 4 is 27.4 Å². The average Bonchev–Trinajstić information content (AvgIpc) is 2.47. The fourth-order valence-corrected chi connectivity index (χ4v) is 4.20. The lowest BCUT2D eigenvalue weighted by Crippen LogP contribution is -2.49. The van der Waals surface area contributed by atoms with E-state index in [1.54, 1.807) is 7.11 Å². The van der Waals surface area contributed by atoms with E-state index in [-0.39, 0.29) is 15.7 Å². The number of halogens is 1. The number of anilines is 1. The van der Waals surface area contributed by atoms with Gasteiger partial charge in [0.25, 0.3) is 0 Å². The molecule has 0 amide bonds. The van der Waals surface area contributed by atoms with Crippen LogP contribution in [-0.2, 0) is 14.8 Å². The fraction of sp³-hybridized carbons (Fsp3) is 0.583. The standard InChI is InChI=1S/C12H19ClN4O3S/c1-12(20-2)4-3-5-17(8-12)21(18,19)9-6-10(13)11(16-14)15-7-9/h6-7H,3-5,8,14H2,1-2H3,(H,15,16). The van der Waals surface area contributed by atoms with Gasteiger partial charge < -0.3 is 10.2 Å². The van der Waals surface area contributed by atoms with Crippen LogP contribution in [0.5, 0.6) is 0 Å². The zero-order chi connectivity index (χ0) is 15.7. The molecule has 0 aliphatic carbocycles. The number of pyridine rings is 1. The molecule has 1 aliphatic rings. The van der Waals surface area contributed by atoms with E-state index in [1.807, 2.05) is 6.92 Å². The number of rotatable bonds is 4. The molecule has 1 aromatic rings. The van der Waals surface area contributed by atoms with Gasteiger partial charge in [0.2, 0.25) is 10.0 Å². The lowest BCUT2D eigenvalue weighted by atomic mass is 9.96. The summed E-state index contributed by atoms with van der Waals surface area (Å²) in [6.45, 7) is 2.66. The van der Waals surface area contributed by atoms with Crippen molar-refractivity contribution in [1.82, 2.24) is 9.29 Å². The van der Waals surface area contributed by atoms with Crippen molar-refractivity contribution in [2.45, 2.75) is 30.3 Å². The lowest BCUT2D eigenvalue weighted by molar-refractivity contribution is -0.0319. The molecule has 2 rings (SSSR count). The van der Waals surface area contributed by atoms with Gasteiger partial charge >= 0.3 is 0 Å². The van der Waals surface area contributed by atoms with Gasteiger partial charge in [-0.2, -0.15) is 4.31 Å². The van der Waals surface area contributed by atoms with E-state index in [4.69, 9.17) is 22.2 Å². The zero-order valence-corrected chi connectivity index (χ0v) is 13.5. The van der Waals surface area contributed by atoms with E-state index < -0.39 is 15.6 Å². The molecule has 21 heavy (non-hydrogen) atoms. The van der Waals surface area contributed by atoms with Gasteiger partial charge in [0.1, 0.15) is 4.90 Å². The first kappa shape index (κ1) is 16.4. The third kappa shape index (κ3) is 3.29. The molecular weight excluding hydrogens is 316 g/mol. The van der Waals surface area contributed by atoms with Gasteiger partial charge in [-0.3, -0.25) is 0 Å². The number of methoxy groups -OCH3 is 1. The smallest absolute Gasteiger partial charge is 0.244 e. The van der Waals surface area contributed by atoms with Crippen LogP contribution in [0.3, 0.4) is 0 Å². The Kier molecular flexibility index (Phi) is 4.74. The van der Waals surface area contributed by atoms with Crippen molar-refractivity contribution < 1.29 is 13.2 Å². The number of nitrogens with one attached hydrogen (secondary N) is 1. The van der Waals surface area contributed by atoms with Gasteiger partial charge in [-0.25, -0.2) is 19.2 Å². The molecule has 1 saturated heterocycles. The van der Waals surface area contributed by atoms with Crippen molar-refractivity contribution in [3.8, 4) is 0 Å². The van der Waals surface area contributed by atoms with Crippen LogP contribution < -0.4 is 11.3 Å². The average molecular weight is 335 g/mol. The number of hydrazine groups is 1. The summed E-state index contributed by atoms with van der Waals surface area (Å²) in [6.07, 6.45) is 2.81. The number of nitrogens with two attached hydrogens (primary N) is 1. The van der Waals surface area contributed by atoms with Gasteiger partial charge in [-0.15, -0.1) is 0 Å². The van der Waals surface area contributed by atoms with Crippen LogP contribution in [-0.4, -0.2) is 43.5 Å². The second kappa shape index (κ2) is 6.05. The number of nitrogens with zero attached hydrogens (tertiary/aromatic N) is 2. The molecule has 9 heteroatoms. The maximum atomic E-state index is 12.7. The molecule has 1 fully saturated rings. The molecule has 2 heterocycles. The largest absolute Gasteiger partial charge is 0.377 e. The van der Waals surface area contributed by atoms with E-state index in [0.29, 0.717) is 13.1 Å². The molecule has 118 valence electrons. The normalized spacial score (nSPS) is 24.0. The van der Waals surface area contributed by atoms with Gasteiger partial charge in [0, 0.05) is 26.4 Å². The number of nitrogen functional groups attached to an aromatic ring is 1. The quantitative estimate of drug-likeness (QED) is 0.634. The highest BCUT2D eigenvalue weighted by atomic mass is 35.5. The molecule has 0 saturated carbocycles. The molecule has 0 aromatic carbocycles. The zero-order valence-electron chi connectivity index (χ0n) is 12.0. The highest BCUT2D eigenvalue weighted by Gasteiger charge is 2.37. The molecule has 0 bridgehead atoms. The second-order valence-corrected chi connectivity index (χ2v) is 7.59. The number of piperidine rings is 1. The summed E-state index contributed by atoms with van der Waals surface area (Å²) in [7, 11) is -2.06. The number of hydrogen-bond donors (Lipinski definition) is 2. The maximum Gasteiger partial charge on any atom is 0.244 e. The minimum Gasteiger partial charge on any atom is -0.377 e. The van der Waals surface area contributed by atoms with Gasteiger partial charge in [0.05, 0.1) is 10.6 Å². The van der Waals surface area contributed by atoms with E-state index in [2.05, 4.69) is 10.4 Å². The number of aromatic nitrogens is 1. The summed E-state index contributed by atoms with van der Waals surface area (Å²) < 4.78 is 32.2. The molecular formula is C12H19ClN4O3S. The summed E-state index contributed by atoms with van der Waals surface area (Å²) in [5.74, 6) is 5.47. The summed E-state index contributed by atoms with van der Waals surface area (Å²) in [6, 6.07) is 1.35. The molecule has 0 spiro atoms. The van der Waals surface area contributed by atoms with Crippen LogP contribution >= 0.6 is 11.6 Å². The van der Waals surface area contributed by atoms with Crippen molar-refractivity contribution in [3.63, 3.8) is 0 Å². The first-order valence-electron chi connectivity index (χ1n) is 6.50. The van der Waals surface area contributed by atoms with Gasteiger partial charge in [-0.1, -0.05) is 11.6 Å². The van der Waals surface area contributed by atoms with Gasteiger partial charge in [-0.05, 0) is 25.8 Å². The lowest BCUT2D eigenvalue weighted by Gasteiger charge is -2.38. The van der Waals surface area contributed by atoms with Crippen molar-refractivity contribution in [3.05, 3.63) is 17.3 Å². The van der Waals surface area contributed by atoms with E-state index in [1.165, 1.54) is 16.6 Å². The Hall–Kier alpha value is -0.930. The fourth-order valence-electron chi connectivity index (χ4n) is 2.35. The van der Waals surface area contributed by atoms with Crippen LogP contribution in [0.4, 0.5) is 5.82 Å². The first-order valence-corrected chi connectivity index (χ1v) is 8.32. The summed E-state index contributed by atoms with van der Waals surface area (Å²) >= 11 is 5.95. The Bertz CT molecular complexity index is 625. The second-order valence-electron chi connectivity index (χ2n) is 5.24. The number of sulfonamides is 1. The monoisotopic (exact) mass is 334 g/mol. The highest BCUT2D eigenvalue weighted by molar-refractivity contribution is 7.89. The van der Waals surface area contributed by atoms with Crippen LogP contribution in [0.15, 0.2) is 17.2 Å². The predicted molar refractivity (Wildman–Crippen MR) is 80.5 cm³/mol. The van der Waals surface area contributed by atoms with Crippen molar-refractivity contribution in [2.24, 2.45) is 5.84 Å². The predicted octanol–water partition coefficient (Wildman–Crippen LogP) is 1.21. The maximum absolute atomic E-state index is 12.7. The molecule has 3 N–H and O–H groups in total. The topological polar surface area (TPSA) is 97.5 Å². The third-order valence-corrected chi connectivity index (χ3v) is 5.81. The number of hydrogen-bond acceptors (Lipinski definition) is 6. The Morgan fingerprint density at radius 2 is 2.29 bits per heavy atom. The number of ether oxygens (including phenoxy) is 1. The molecule has 1 aliphatic heterocycles. The summed E-state index contributed by atoms with van der Waals surface area (Å²) in [4.78, 5) is 3.96. The Morgan fingerprint density at radius 3 is 2.86 bits per heavy atom. The molecule has 0 radical (unpaired) electrons. The molecule has 1 unspecified atom stereocenters. The van der Waals surface area contributed by atoms with E-state index in [0.717, 1.165) is 12.8 Å². The SMILES string of the molecule is COC1(C)CCCN(S(=O)(=O)c2cnc(NN)c(Cl)c2)C1. The summed E-state index contributed by atoms with van der Waals surface area (Å²) in [5, 5.41) is 0.157. The van der Waals surface area contributed by atoms with Crippen LogP contribution in [0.1, 0.15) is 19.8 Å². The van der Waals surface area contributed by atoms with Crippen molar-refractivity contribution in [1.29, 1.82) is 0 Å². The Morgan fingerprint density at radius 1 is 1.57 bits per heavy atom. The molecule has 7 nitrogen and oxygen atoms in total. The Labute approximate surface area is 129 Å².